The van der Waals surface area contributed by atoms with Crippen molar-refractivity contribution in [1.82, 2.24) is 0 Å². The molecule has 0 fully saturated rings. The van der Waals surface area contributed by atoms with Gasteiger partial charge in [0.2, 0.25) is 0 Å². The van der Waals surface area contributed by atoms with E-state index in [1.165, 1.54) is 6.07 Å². The molecule has 0 heterocycles. The lowest BCUT2D eigenvalue weighted by molar-refractivity contribution is 0.456. The second-order valence-electron chi connectivity index (χ2n) is 3.72. The Morgan fingerprint density at radius 1 is 1.25 bits per heavy atom. The summed E-state index contributed by atoms with van der Waals surface area (Å²) in [4.78, 5) is 0. The molecule has 0 spiro atoms. The molecule has 0 saturated heterocycles. The topological polar surface area (TPSA) is 72.3 Å². The molecule has 5 heteroatoms. The highest BCUT2D eigenvalue weighted by Gasteiger charge is 2.14. The molecule has 0 aliphatic carbocycles. The number of hydrogen-bond donors (Lipinski definition) is 3. The molecule has 0 amide bonds. The van der Waals surface area contributed by atoms with Crippen molar-refractivity contribution in [2.45, 2.75) is 25.3 Å². The number of phenols is 1. The molecule has 0 unspecified atom stereocenters. The first-order valence-electron chi connectivity index (χ1n) is 5.19. The summed E-state index contributed by atoms with van der Waals surface area (Å²) < 4.78 is 0. The van der Waals surface area contributed by atoms with Crippen LogP contribution in [0.25, 0.3) is 0 Å². The van der Waals surface area contributed by atoms with E-state index in [1.54, 1.807) is 6.07 Å². The van der Waals surface area contributed by atoms with E-state index >= 15 is 0 Å². The van der Waals surface area contributed by atoms with Gasteiger partial charge < -0.3 is 16.6 Å². The molecule has 3 nitrogen and oxygen atoms in total. The molecule has 1 aromatic rings. The lowest BCUT2D eigenvalue weighted by Gasteiger charge is -2.14. The lowest BCUT2D eigenvalue weighted by atomic mass is 10.0. The van der Waals surface area contributed by atoms with Gasteiger partial charge in [-0.3, -0.25) is 0 Å². The van der Waals surface area contributed by atoms with Gasteiger partial charge in [0.25, 0.3) is 0 Å². The summed E-state index contributed by atoms with van der Waals surface area (Å²) in [6, 6.07) is 2.88. The predicted octanol–water partition coefficient (Wildman–Crippen LogP) is 2.83. The maximum Gasteiger partial charge on any atom is 0.139 e. The van der Waals surface area contributed by atoms with E-state index in [1.807, 2.05) is 0 Å². The molecule has 5 N–H and O–H groups in total. The summed E-state index contributed by atoms with van der Waals surface area (Å²) in [5.74, 6) is 0.0197. The van der Waals surface area contributed by atoms with Crippen LogP contribution < -0.4 is 11.5 Å². The van der Waals surface area contributed by atoms with Crippen LogP contribution in [-0.4, -0.2) is 11.7 Å². The normalized spacial score (nSPS) is 12.8. The van der Waals surface area contributed by atoms with Crippen molar-refractivity contribution < 1.29 is 5.11 Å². The zero-order chi connectivity index (χ0) is 12.1. The molecule has 0 bridgehead atoms. The minimum absolute atomic E-state index is 0.0197. The lowest BCUT2D eigenvalue weighted by Crippen LogP contribution is -2.11. The Labute approximate surface area is 105 Å². The zero-order valence-corrected chi connectivity index (χ0v) is 10.4. The fourth-order valence-electron chi connectivity index (χ4n) is 1.53. The fraction of sp³-hybridized carbons (Fsp3) is 0.455. The largest absolute Gasteiger partial charge is 0.506 e. The SMILES string of the molecule is NCCCC[C@@H](N)c1cc(Cl)cc(Cl)c1O. The average molecular weight is 263 g/mol. The van der Waals surface area contributed by atoms with E-state index in [4.69, 9.17) is 34.7 Å². The third-order valence-electron chi connectivity index (χ3n) is 2.43. The zero-order valence-electron chi connectivity index (χ0n) is 8.92. The van der Waals surface area contributed by atoms with E-state index in [0.29, 0.717) is 17.1 Å². The quantitative estimate of drug-likeness (QED) is 0.715. The molecule has 0 aliphatic heterocycles. The van der Waals surface area contributed by atoms with Crippen molar-refractivity contribution in [2.75, 3.05) is 6.54 Å². The molecule has 16 heavy (non-hydrogen) atoms. The maximum atomic E-state index is 9.75. The number of nitrogens with two attached hydrogens (primary N) is 2. The molecule has 1 rings (SSSR count). The molecular weight excluding hydrogens is 247 g/mol. The third-order valence-corrected chi connectivity index (χ3v) is 2.93. The minimum Gasteiger partial charge on any atom is -0.506 e. The van der Waals surface area contributed by atoms with Crippen LogP contribution in [0.4, 0.5) is 0 Å². The molecule has 0 aromatic heterocycles. The predicted molar refractivity (Wildman–Crippen MR) is 68.0 cm³/mol. The Balaban J connectivity index is 2.78. The molecule has 0 aliphatic rings. The Hall–Kier alpha value is -0.480. The summed E-state index contributed by atoms with van der Waals surface area (Å²) in [6.45, 7) is 0.648. The van der Waals surface area contributed by atoms with Crippen molar-refractivity contribution in [3.05, 3.63) is 27.7 Å². The van der Waals surface area contributed by atoms with Crippen LogP contribution in [0.5, 0.6) is 5.75 Å². The van der Waals surface area contributed by atoms with Crippen LogP contribution in [0, 0.1) is 0 Å². The molecule has 1 aromatic carbocycles. The van der Waals surface area contributed by atoms with Crippen molar-refractivity contribution in [1.29, 1.82) is 0 Å². The van der Waals surface area contributed by atoms with Gasteiger partial charge in [0, 0.05) is 16.6 Å². The Morgan fingerprint density at radius 3 is 2.56 bits per heavy atom. The molecule has 0 saturated carbocycles. The third kappa shape index (κ3) is 3.52. The van der Waals surface area contributed by atoms with Gasteiger partial charge in [-0.05, 0) is 31.5 Å². The van der Waals surface area contributed by atoms with Gasteiger partial charge in [-0.2, -0.15) is 0 Å². The van der Waals surface area contributed by atoms with Crippen LogP contribution in [0.15, 0.2) is 12.1 Å². The van der Waals surface area contributed by atoms with E-state index in [0.717, 1.165) is 19.3 Å². The van der Waals surface area contributed by atoms with E-state index < -0.39 is 0 Å². The van der Waals surface area contributed by atoms with Crippen LogP contribution >= 0.6 is 23.2 Å². The Kier molecular flexibility index (Phi) is 5.35. The van der Waals surface area contributed by atoms with Crippen LogP contribution in [0.2, 0.25) is 10.0 Å². The summed E-state index contributed by atoms with van der Waals surface area (Å²) >= 11 is 11.7. The molecule has 0 radical (unpaired) electrons. The van der Waals surface area contributed by atoms with E-state index in [2.05, 4.69) is 0 Å². The second kappa shape index (κ2) is 6.30. The van der Waals surface area contributed by atoms with E-state index in [-0.39, 0.29) is 16.8 Å². The van der Waals surface area contributed by atoms with Gasteiger partial charge in [-0.25, -0.2) is 0 Å². The fourth-order valence-corrected chi connectivity index (χ4v) is 2.04. The van der Waals surface area contributed by atoms with Gasteiger partial charge in [0.05, 0.1) is 5.02 Å². The van der Waals surface area contributed by atoms with Gasteiger partial charge in [-0.15, -0.1) is 0 Å². The van der Waals surface area contributed by atoms with Crippen molar-refractivity contribution in [3.8, 4) is 5.75 Å². The average Bonchev–Trinajstić information content (AvgIpc) is 2.23. The number of rotatable bonds is 5. The van der Waals surface area contributed by atoms with Crippen molar-refractivity contribution in [2.24, 2.45) is 11.5 Å². The number of aromatic hydroxyl groups is 1. The molecule has 90 valence electrons. The molecular formula is C11H16Cl2N2O. The Bertz CT molecular complexity index is 358. The molecule has 1 atom stereocenters. The summed E-state index contributed by atoms with van der Waals surface area (Å²) in [5, 5.41) is 10.5. The first kappa shape index (κ1) is 13.6. The van der Waals surface area contributed by atoms with Crippen molar-refractivity contribution in [3.63, 3.8) is 0 Å². The first-order chi connectivity index (χ1) is 7.56. The number of halogens is 2. The van der Waals surface area contributed by atoms with Crippen LogP contribution in [0.1, 0.15) is 30.9 Å². The van der Waals surface area contributed by atoms with Gasteiger partial charge >= 0.3 is 0 Å². The monoisotopic (exact) mass is 262 g/mol. The first-order valence-corrected chi connectivity index (χ1v) is 5.95. The highest BCUT2D eigenvalue weighted by Crippen LogP contribution is 2.35. The highest BCUT2D eigenvalue weighted by atomic mass is 35.5. The number of phenolic OH excluding ortho intramolecular Hbond substituents is 1. The number of unbranched alkanes of at least 4 members (excludes halogenated alkanes) is 1. The van der Waals surface area contributed by atoms with Gasteiger partial charge in [0.1, 0.15) is 5.75 Å². The highest BCUT2D eigenvalue weighted by molar-refractivity contribution is 6.35. The van der Waals surface area contributed by atoms with E-state index in [9.17, 15) is 5.11 Å². The number of benzene rings is 1. The summed E-state index contributed by atoms with van der Waals surface area (Å²) in [6.07, 6.45) is 2.59. The van der Waals surface area contributed by atoms with Crippen LogP contribution in [0.3, 0.4) is 0 Å². The summed E-state index contributed by atoms with van der Waals surface area (Å²) in [7, 11) is 0. The summed E-state index contributed by atoms with van der Waals surface area (Å²) in [5.41, 5.74) is 11.9. The van der Waals surface area contributed by atoms with Gasteiger partial charge in [0.15, 0.2) is 0 Å². The number of hydrogen-bond acceptors (Lipinski definition) is 3. The standard InChI is InChI=1S/C11H16Cl2N2O/c12-7-5-8(11(16)9(13)6-7)10(15)3-1-2-4-14/h5-6,10,16H,1-4,14-15H2/t10-/m1/s1. The van der Waals surface area contributed by atoms with Gasteiger partial charge in [-0.1, -0.05) is 29.6 Å². The van der Waals surface area contributed by atoms with Crippen LogP contribution in [-0.2, 0) is 0 Å². The smallest absolute Gasteiger partial charge is 0.139 e. The second-order valence-corrected chi connectivity index (χ2v) is 4.56. The maximum absolute atomic E-state index is 9.75. The Morgan fingerprint density at radius 2 is 1.94 bits per heavy atom. The minimum atomic E-state index is -0.261. The van der Waals surface area contributed by atoms with Crippen molar-refractivity contribution >= 4 is 23.2 Å².